The average Bonchev–Trinajstić information content (AvgIpc) is 2.45. The largest absolute Gasteiger partial charge is 0.386 e. The lowest BCUT2D eigenvalue weighted by Crippen LogP contribution is -2.38. The van der Waals surface area contributed by atoms with E-state index in [1.165, 1.54) is 12.1 Å². The van der Waals surface area contributed by atoms with Crippen LogP contribution in [0.4, 0.5) is 10.1 Å². The second-order valence-electron chi connectivity index (χ2n) is 6.32. The number of carbonyl (C=O) groups excluding carboxylic acids is 1. The standard InChI is InChI=1S/C16H19ClFN3O2/c1-16(8-23-7-14(19)21-16)12-6-11(2-3-13(12)18)20-15(22)9-4-10(17)5-9/h2-3,6,9-10H,4-5,7-8H2,1H3,(H2,19,21)(H,20,22). The summed E-state index contributed by atoms with van der Waals surface area (Å²) in [6.45, 7) is 2.24. The third kappa shape index (κ3) is 3.33. The van der Waals surface area contributed by atoms with E-state index in [1.54, 1.807) is 13.0 Å². The van der Waals surface area contributed by atoms with Crippen molar-refractivity contribution < 1.29 is 13.9 Å². The zero-order chi connectivity index (χ0) is 16.6. The molecule has 2 aliphatic rings. The average molecular weight is 340 g/mol. The van der Waals surface area contributed by atoms with E-state index in [4.69, 9.17) is 22.1 Å². The Labute approximate surface area is 139 Å². The summed E-state index contributed by atoms with van der Waals surface area (Å²) in [5.74, 6) is -0.243. The summed E-state index contributed by atoms with van der Waals surface area (Å²) in [5.41, 5.74) is 5.70. The highest BCUT2D eigenvalue weighted by Crippen LogP contribution is 2.34. The smallest absolute Gasteiger partial charge is 0.227 e. The third-order valence-electron chi connectivity index (χ3n) is 4.29. The van der Waals surface area contributed by atoms with Crippen LogP contribution in [0, 0.1) is 11.7 Å². The van der Waals surface area contributed by atoms with Crippen LogP contribution >= 0.6 is 11.6 Å². The number of rotatable bonds is 3. The maximum absolute atomic E-state index is 14.3. The molecule has 1 unspecified atom stereocenters. The lowest BCUT2D eigenvalue weighted by molar-refractivity contribution is -0.122. The van der Waals surface area contributed by atoms with E-state index in [2.05, 4.69) is 10.3 Å². The number of hydrogen-bond acceptors (Lipinski definition) is 4. The van der Waals surface area contributed by atoms with Gasteiger partial charge in [-0.15, -0.1) is 11.6 Å². The normalized spacial score (nSPS) is 30.3. The second kappa shape index (κ2) is 6.09. The Morgan fingerprint density at radius 2 is 2.26 bits per heavy atom. The Morgan fingerprint density at radius 3 is 2.91 bits per heavy atom. The lowest BCUT2D eigenvalue weighted by atomic mass is 9.84. The summed E-state index contributed by atoms with van der Waals surface area (Å²) in [6, 6.07) is 4.45. The summed E-state index contributed by atoms with van der Waals surface area (Å²) in [6.07, 6.45) is 1.35. The van der Waals surface area contributed by atoms with Crippen LogP contribution in [0.25, 0.3) is 0 Å². The van der Waals surface area contributed by atoms with Gasteiger partial charge in [-0.25, -0.2) is 4.39 Å². The Balaban J connectivity index is 1.82. The molecule has 5 nitrogen and oxygen atoms in total. The highest BCUT2D eigenvalue weighted by Gasteiger charge is 2.35. The Morgan fingerprint density at radius 1 is 1.52 bits per heavy atom. The van der Waals surface area contributed by atoms with Crippen molar-refractivity contribution in [2.75, 3.05) is 18.5 Å². The molecule has 7 heteroatoms. The summed E-state index contributed by atoms with van der Waals surface area (Å²) in [4.78, 5) is 16.4. The number of alkyl halides is 1. The Kier molecular flexibility index (Phi) is 4.29. The van der Waals surface area contributed by atoms with Gasteiger partial charge < -0.3 is 15.8 Å². The first-order valence-electron chi connectivity index (χ1n) is 7.54. The quantitative estimate of drug-likeness (QED) is 0.830. The minimum atomic E-state index is -0.898. The van der Waals surface area contributed by atoms with Crippen molar-refractivity contribution in [1.82, 2.24) is 0 Å². The molecular formula is C16H19ClFN3O2. The molecular weight excluding hydrogens is 321 g/mol. The van der Waals surface area contributed by atoms with Gasteiger partial charge in [-0.1, -0.05) is 0 Å². The SMILES string of the molecule is CC1(c2cc(NC(=O)C3CC(Cl)C3)ccc2F)COCC(N)=N1. The number of ether oxygens (including phenoxy) is 1. The highest BCUT2D eigenvalue weighted by atomic mass is 35.5. The molecule has 23 heavy (non-hydrogen) atoms. The monoisotopic (exact) mass is 339 g/mol. The molecule has 1 aliphatic heterocycles. The predicted molar refractivity (Wildman–Crippen MR) is 87.2 cm³/mol. The molecule has 1 aliphatic carbocycles. The molecule has 3 rings (SSSR count). The maximum Gasteiger partial charge on any atom is 0.227 e. The van der Waals surface area contributed by atoms with Gasteiger partial charge in [0.15, 0.2) is 0 Å². The first-order valence-corrected chi connectivity index (χ1v) is 7.98. The fourth-order valence-electron chi connectivity index (χ4n) is 2.90. The van der Waals surface area contributed by atoms with Gasteiger partial charge in [-0.05, 0) is 38.0 Å². The predicted octanol–water partition coefficient (Wildman–Crippen LogP) is 2.38. The molecule has 1 aromatic rings. The van der Waals surface area contributed by atoms with Gasteiger partial charge >= 0.3 is 0 Å². The molecule has 1 fully saturated rings. The second-order valence-corrected chi connectivity index (χ2v) is 6.94. The Hall–Kier alpha value is -1.66. The molecule has 1 aromatic carbocycles. The van der Waals surface area contributed by atoms with E-state index in [-0.39, 0.29) is 30.4 Å². The number of amidine groups is 1. The van der Waals surface area contributed by atoms with Crippen LogP contribution in [0.2, 0.25) is 0 Å². The number of anilines is 1. The van der Waals surface area contributed by atoms with Crippen LogP contribution in [0.1, 0.15) is 25.3 Å². The van der Waals surface area contributed by atoms with Crippen molar-refractivity contribution >= 4 is 29.0 Å². The molecule has 1 amide bonds. The number of nitrogens with zero attached hydrogens (tertiary/aromatic N) is 1. The van der Waals surface area contributed by atoms with Crippen molar-refractivity contribution in [1.29, 1.82) is 0 Å². The number of nitrogens with one attached hydrogen (secondary N) is 1. The number of hydrogen-bond donors (Lipinski definition) is 2. The zero-order valence-electron chi connectivity index (χ0n) is 12.8. The van der Waals surface area contributed by atoms with Crippen molar-refractivity contribution in [3.05, 3.63) is 29.6 Å². The zero-order valence-corrected chi connectivity index (χ0v) is 13.6. The minimum Gasteiger partial charge on any atom is -0.386 e. The van der Waals surface area contributed by atoms with Crippen molar-refractivity contribution in [3.8, 4) is 0 Å². The number of halogens is 2. The molecule has 0 saturated heterocycles. The van der Waals surface area contributed by atoms with Gasteiger partial charge in [0, 0.05) is 22.5 Å². The van der Waals surface area contributed by atoms with E-state index in [0.29, 0.717) is 29.9 Å². The minimum absolute atomic E-state index is 0.0742. The molecule has 0 spiro atoms. The molecule has 1 saturated carbocycles. The van der Waals surface area contributed by atoms with Crippen LogP contribution in [-0.2, 0) is 15.1 Å². The van der Waals surface area contributed by atoms with Gasteiger partial charge in [0.05, 0.1) is 6.61 Å². The lowest BCUT2D eigenvalue weighted by Gasteiger charge is -2.31. The topological polar surface area (TPSA) is 76.7 Å². The van der Waals surface area contributed by atoms with Gasteiger partial charge in [-0.2, -0.15) is 0 Å². The van der Waals surface area contributed by atoms with Gasteiger partial charge in [0.1, 0.15) is 23.8 Å². The molecule has 0 aromatic heterocycles. The number of nitrogens with two attached hydrogens (primary N) is 1. The third-order valence-corrected chi connectivity index (χ3v) is 4.65. The van der Waals surface area contributed by atoms with Gasteiger partial charge in [-0.3, -0.25) is 9.79 Å². The molecule has 0 radical (unpaired) electrons. The summed E-state index contributed by atoms with van der Waals surface area (Å²) >= 11 is 5.90. The van der Waals surface area contributed by atoms with Crippen LogP contribution in [-0.4, -0.2) is 30.3 Å². The van der Waals surface area contributed by atoms with Crippen molar-refractivity contribution in [2.24, 2.45) is 16.6 Å². The van der Waals surface area contributed by atoms with Crippen LogP contribution < -0.4 is 11.1 Å². The number of aliphatic imine (C=N–C) groups is 1. The van der Waals surface area contributed by atoms with Gasteiger partial charge in [0.2, 0.25) is 5.91 Å². The van der Waals surface area contributed by atoms with E-state index < -0.39 is 11.4 Å². The molecule has 1 heterocycles. The Bertz CT molecular complexity index is 661. The molecule has 1 atom stereocenters. The van der Waals surface area contributed by atoms with Gasteiger partial charge in [0.25, 0.3) is 0 Å². The maximum atomic E-state index is 14.3. The first kappa shape index (κ1) is 16.2. The van der Waals surface area contributed by atoms with E-state index in [0.717, 1.165) is 0 Å². The number of carbonyl (C=O) groups is 1. The molecule has 3 N–H and O–H groups in total. The van der Waals surface area contributed by atoms with Crippen LogP contribution in [0.15, 0.2) is 23.2 Å². The van der Waals surface area contributed by atoms with Crippen LogP contribution in [0.5, 0.6) is 0 Å². The molecule has 0 bridgehead atoms. The fraction of sp³-hybridized carbons (Fsp3) is 0.500. The van der Waals surface area contributed by atoms with Crippen molar-refractivity contribution in [2.45, 2.75) is 30.7 Å². The number of amides is 1. The number of benzene rings is 1. The highest BCUT2D eigenvalue weighted by molar-refractivity contribution is 6.21. The van der Waals surface area contributed by atoms with E-state index >= 15 is 0 Å². The van der Waals surface area contributed by atoms with Crippen LogP contribution in [0.3, 0.4) is 0 Å². The first-order chi connectivity index (χ1) is 10.9. The van der Waals surface area contributed by atoms with Crippen molar-refractivity contribution in [3.63, 3.8) is 0 Å². The summed E-state index contributed by atoms with van der Waals surface area (Å²) in [5, 5.41) is 2.89. The summed E-state index contributed by atoms with van der Waals surface area (Å²) in [7, 11) is 0. The fourth-order valence-corrected chi connectivity index (χ4v) is 3.33. The van der Waals surface area contributed by atoms with E-state index in [1.807, 2.05) is 0 Å². The molecule has 124 valence electrons. The van der Waals surface area contributed by atoms with E-state index in [9.17, 15) is 9.18 Å². The summed E-state index contributed by atoms with van der Waals surface area (Å²) < 4.78 is 19.6.